The van der Waals surface area contributed by atoms with Gasteiger partial charge in [-0.2, -0.15) is 0 Å². The molecule has 2 heterocycles. The van der Waals surface area contributed by atoms with Gasteiger partial charge in [0, 0.05) is 48.6 Å². The zero-order valence-corrected chi connectivity index (χ0v) is 12.7. The Balaban J connectivity index is 1.93. The van der Waals surface area contributed by atoms with Crippen molar-refractivity contribution in [2.24, 2.45) is 7.05 Å². The zero-order valence-electron chi connectivity index (χ0n) is 12.7. The van der Waals surface area contributed by atoms with E-state index >= 15 is 0 Å². The van der Waals surface area contributed by atoms with Gasteiger partial charge in [-0.15, -0.1) is 0 Å². The van der Waals surface area contributed by atoms with E-state index < -0.39 is 5.60 Å². The van der Waals surface area contributed by atoms with Gasteiger partial charge in [0.05, 0.1) is 5.60 Å². The summed E-state index contributed by atoms with van der Waals surface area (Å²) in [6.07, 6.45) is 6.55. The minimum absolute atomic E-state index is 0.662. The number of hydrogen-bond donors (Lipinski definition) is 1. The van der Waals surface area contributed by atoms with Crippen LogP contribution in [-0.2, 0) is 13.6 Å². The van der Waals surface area contributed by atoms with Crippen molar-refractivity contribution < 1.29 is 5.11 Å². The van der Waals surface area contributed by atoms with Gasteiger partial charge in [-0.3, -0.25) is 0 Å². The summed E-state index contributed by atoms with van der Waals surface area (Å²) in [7, 11) is 2.05. The molecule has 0 atom stereocenters. The van der Waals surface area contributed by atoms with Gasteiger partial charge < -0.3 is 14.2 Å². The molecule has 2 aromatic heterocycles. The second-order valence-electron chi connectivity index (χ2n) is 6.21. The smallest absolute Gasteiger partial charge is 0.139 e. The summed E-state index contributed by atoms with van der Waals surface area (Å²) in [6.45, 7) is 4.42. The molecular formula is C17H21N3O. The second kappa shape index (κ2) is 5.04. The molecule has 0 fully saturated rings. The van der Waals surface area contributed by atoms with E-state index in [-0.39, 0.29) is 0 Å². The Labute approximate surface area is 124 Å². The molecule has 0 aliphatic heterocycles. The Morgan fingerprint density at radius 3 is 2.76 bits per heavy atom. The quantitative estimate of drug-likeness (QED) is 0.799. The molecule has 4 nitrogen and oxygen atoms in total. The molecule has 0 saturated carbocycles. The second-order valence-corrected chi connectivity index (χ2v) is 6.21. The molecule has 110 valence electrons. The summed E-state index contributed by atoms with van der Waals surface area (Å²) in [6, 6.07) is 8.51. The standard InChI is InChI=1S/C17H21N3O/c1-17(2,21)7-10-20-11-8-18-16(20)14-4-5-15-13(12-14)6-9-19(15)3/h4-6,8-9,11-12,21H,7,10H2,1-3H3. The van der Waals surface area contributed by atoms with Gasteiger partial charge in [0.1, 0.15) is 5.82 Å². The molecule has 21 heavy (non-hydrogen) atoms. The number of hydrogen-bond acceptors (Lipinski definition) is 2. The third kappa shape index (κ3) is 2.85. The number of nitrogens with zero attached hydrogens (tertiary/aromatic N) is 3. The van der Waals surface area contributed by atoms with Gasteiger partial charge in [-0.05, 0) is 44.5 Å². The van der Waals surface area contributed by atoms with Crippen LogP contribution in [0.15, 0.2) is 42.9 Å². The summed E-state index contributed by atoms with van der Waals surface area (Å²) >= 11 is 0. The lowest BCUT2D eigenvalue weighted by Crippen LogP contribution is -2.21. The molecule has 0 aliphatic rings. The Morgan fingerprint density at radius 1 is 1.19 bits per heavy atom. The van der Waals surface area contributed by atoms with Gasteiger partial charge in [0.15, 0.2) is 0 Å². The molecule has 0 spiro atoms. The molecule has 1 N–H and O–H groups in total. The Bertz CT molecular complexity index is 762. The highest BCUT2D eigenvalue weighted by Crippen LogP contribution is 2.24. The number of aromatic nitrogens is 3. The number of fused-ring (bicyclic) bond motifs is 1. The van der Waals surface area contributed by atoms with Crippen LogP contribution in [0.25, 0.3) is 22.3 Å². The molecule has 0 aliphatic carbocycles. The van der Waals surface area contributed by atoms with Crippen molar-refractivity contribution >= 4 is 10.9 Å². The van der Waals surface area contributed by atoms with Crippen LogP contribution in [0.2, 0.25) is 0 Å². The highest BCUT2D eigenvalue weighted by molar-refractivity contribution is 5.84. The van der Waals surface area contributed by atoms with Crippen LogP contribution in [0.4, 0.5) is 0 Å². The van der Waals surface area contributed by atoms with Crippen LogP contribution in [-0.4, -0.2) is 24.8 Å². The van der Waals surface area contributed by atoms with E-state index in [4.69, 9.17) is 0 Å². The Hall–Kier alpha value is -2.07. The SMILES string of the molecule is Cn1ccc2cc(-c3nccn3CCC(C)(C)O)ccc21. The van der Waals surface area contributed by atoms with E-state index in [0.29, 0.717) is 6.42 Å². The van der Waals surface area contributed by atoms with E-state index in [0.717, 1.165) is 17.9 Å². The highest BCUT2D eigenvalue weighted by atomic mass is 16.3. The minimum Gasteiger partial charge on any atom is -0.390 e. The Morgan fingerprint density at radius 2 is 2.00 bits per heavy atom. The van der Waals surface area contributed by atoms with Crippen LogP contribution >= 0.6 is 0 Å². The number of imidazole rings is 1. The van der Waals surface area contributed by atoms with Crippen molar-refractivity contribution in [2.75, 3.05) is 0 Å². The van der Waals surface area contributed by atoms with E-state index in [9.17, 15) is 5.11 Å². The fourth-order valence-corrected chi connectivity index (χ4v) is 2.56. The largest absolute Gasteiger partial charge is 0.390 e. The van der Waals surface area contributed by atoms with Crippen molar-refractivity contribution in [3.8, 4) is 11.4 Å². The van der Waals surface area contributed by atoms with Crippen molar-refractivity contribution in [1.82, 2.24) is 14.1 Å². The molecule has 3 aromatic rings. The minimum atomic E-state index is -0.662. The fraction of sp³-hybridized carbons (Fsp3) is 0.353. The van der Waals surface area contributed by atoms with Gasteiger partial charge in [-0.25, -0.2) is 4.98 Å². The van der Waals surface area contributed by atoms with Gasteiger partial charge >= 0.3 is 0 Å². The fourth-order valence-electron chi connectivity index (χ4n) is 2.56. The molecule has 0 unspecified atom stereocenters. The monoisotopic (exact) mass is 283 g/mol. The van der Waals surface area contributed by atoms with E-state index in [1.165, 1.54) is 10.9 Å². The first kappa shape index (κ1) is 13.9. The summed E-state index contributed by atoms with van der Waals surface area (Å²) in [5.41, 5.74) is 1.66. The topological polar surface area (TPSA) is 43.0 Å². The molecule has 0 amide bonds. The zero-order chi connectivity index (χ0) is 15.0. The number of aryl methyl sites for hydroxylation is 2. The van der Waals surface area contributed by atoms with Crippen LogP contribution in [0.3, 0.4) is 0 Å². The molecule has 4 heteroatoms. The molecule has 1 aromatic carbocycles. The number of rotatable bonds is 4. The molecular weight excluding hydrogens is 262 g/mol. The van der Waals surface area contributed by atoms with Crippen LogP contribution in [0.5, 0.6) is 0 Å². The third-order valence-electron chi connectivity index (χ3n) is 3.82. The van der Waals surface area contributed by atoms with Gasteiger partial charge in [0.25, 0.3) is 0 Å². The van der Waals surface area contributed by atoms with Gasteiger partial charge in [-0.1, -0.05) is 0 Å². The lowest BCUT2D eigenvalue weighted by atomic mass is 10.1. The van der Waals surface area contributed by atoms with E-state index in [1.807, 2.05) is 33.3 Å². The third-order valence-corrected chi connectivity index (χ3v) is 3.82. The van der Waals surface area contributed by atoms with Crippen molar-refractivity contribution in [3.05, 3.63) is 42.9 Å². The van der Waals surface area contributed by atoms with Crippen molar-refractivity contribution in [3.63, 3.8) is 0 Å². The maximum atomic E-state index is 9.89. The number of aliphatic hydroxyl groups is 1. The first-order chi connectivity index (χ1) is 9.94. The normalized spacial score (nSPS) is 12.2. The first-order valence-electron chi connectivity index (χ1n) is 7.23. The molecule has 0 bridgehead atoms. The van der Waals surface area contributed by atoms with Gasteiger partial charge in [0.2, 0.25) is 0 Å². The number of benzene rings is 1. The van der Waals surface area contributed by atoms with Crippen LogP contribution in [0, 0.1) is 0 Å². The lowest BCUT2D eigenvalue weighted by molar-refractivity contribution is 0.0663. The van der Waals surface area contributed by atoms with E-state index in [2.05, 4.69) is 44.6 Å². The average molecular weight is 283 g/mol. The first-order valence-corrected chi connectivity index (χ1v) is 7.23. The summed E-state index contributed by atoms with van der Waals surface area (Å²) < 4.78 is 4.21. The predicted molar refractivity (Wildman–Crippen MR) is 85.1 cm³/mol. The lowest BCUT2D eigenvalue weighted by Gasteiger charge is -2.18. The Kier molecular flexibility index (Phi) is 3.33. The summed E-state index contributed by atoms with van der Waals surface area (Å²) in [5, 5.41) is 11.1. The summed E-state index contributed by atoms with van der Waals surface area (Å²) in [5.74, 6) is 0.949. The van der Waals surface area contributed by atoms with E-state index in [1.54, 1.807) is 0 Å². The summed E-state index contributed by atoms with van der Waals surface area (Å²) in [4.78, 5) is 4.48. The maximum absolute atomic E-state index is 9.89. The van der Waals surface area contributed by atoms with Crippen LogP contribution in [0.1, 0.15) is 20.3 Å². The molecule has 0 radical (unpaired) electrons. The van der Waals surface area contributed by atoms with Crippen molar-refractivity contribution in [2.45, 2.75) is 32.4 Å². The maximum Gasteiger partial charge on any atom is 0.139 e. The highest BCUT2D eigenvalue weighted by Gasteiger charge is 2.14. The predicted octanol–water partition coefficient (Wildman–Crippen LogP) is 3.20. The van der Waals surface area contributed by atoms with Crippen LogP contribution < -0.4 is 0 Å². The molecule has 0 saturated heterocycles. The molecule has 3 rings (SSSR count). The van der Waals surface area contributed by atoms with Crippen molar-refractivity contribution in [1.29, 1.82) is 0 Å². The average Bonchev–Trinajstić information content (AvgIpc) is 3.02.